The fraction of sp³-hybridized carbons (Fsp3) is 0.647. The van der Waals surface area contributed by atoms with Gasteiger partial charge in [0, 0.05) is 32.4 Å². The number of rotatable bonds is 5. The van der Waals surface area contributed by atoms with E-state index in [0.29, 0.717) is 19.6 Å². The van der Waals surface area contributed by atoms with Crippen molar-refractivity contribution in [3.63, 3.8) is 0 Å². The molecule has 1 fully saturated rings. The van der Waals surface area contributed by atoms with E-state index in [4.69, 9.17) is 0 Å². The maximum absolute atomic E-state index is 12.4. The second-order valence-electron chi connectivity index (χ2n) is 6.74. The molecule has 0 aromatic carbocycles. The molecule has 2 rings (SSSR count). The van der Waals surface area contributed by atoms with Gasteiger partial charge in [-0.2, -0.15) is 0 Å². The minimum atomic E-state index is -3.21. The van der Waals surface area contributed by atoms with Crippen LogP contribution in [0.3, 0.4) is 0 Å². The molecule has 1 aromatic rings. The molecular formula is C17H27N3O4S. The van der Waals surface area contributed by atoms with Gasteiger partial charge in [0.05, 0.1) is 6.26 Å². The van der Waals surface area contributed by atoms with Crippen LogP contribution in [0.1, 0.15) is 41.4 Å². The zero-order valence-electron chi connectivity index (χ0n) is 15.3. The molecule has 1 aliphatic heterocycles. The number of aromatic nitrogens is 1. The van der Waals surface area contributed by atoms with Crippen LogP contribution < -0.4 is 10.9 Å². The summed E-state index contributed by atoms with van der Waals surface area (Å²) >= 11 is 0. The number of pyridine rings is 1. The monoisotopic (exact) mass is 369 g/mol. The number of aryl methyl sites for hydroxylation is 1. The largest absolute Gasteiger partial charge is 0.352 e. The molecule has 0 bridgehead atoms. The summed E-state index contributed by atoms with van der Waals surface area (Å²) in [5, 5.41) is 2.80. The molecule has 1 amide bonds. The summed E-state index contributed by atoms with van der Waals surface area (Å²) in [6.45, 7) is 5.16. The molecule has 1 saturated heterocycles. The molecule has 140 valence electrons. The highest BCUT2D eigenvalue weighted by atomic mass is 32.2. The number of amides is 1. The summed E-state index contributed by atoms with van der Waals surface area (Å²) in [5.74, 6) is -0.338. The van der Waals surface area contributed by atoms with Crippen molar-refractivity contribution in [2.24, 2.45) is 13.0 Å². The van der Waals surface area contributed by atoms with Crippen molar-refractivity contribution in [1.29, 1.82) is 0 Å². The van der Waals surface area contributed by atoms with E-state index in [0.717, 1.165) is 30.5 Å². The zero-order chi connectivity index (χ0) is 18.8. The fourth-order valence-electron chi connectivity index (χ4n) is 3.43. The quantitative estimate of drug-likeness (QED) is 0.826. The second kappa shape index (κ2) is 7.70. The van der Waals surface area contributed by atoms with E-state index >= 15 is 0 Å². The van der Waals surface area contributed by atoms with E-state index in [1.165, 1.54) is 15.1 Å². The summed E-state index contributed by atoms with van der Waals surface area (Å²) in [5.41, 5.74) is 1.66. The van der Waals surface area contributed by atoms with Gasteiger partial charge in [0.15, 0.2) is 0 Å². The van der Waals surface area contributed by atoms with E-state index in [-0.39, 0.29) is 17.0 Å². The smallest absolute Gasteiger partial charge is 0.263 e. The number of hydrogen-bond donors (Lipinski definition) is 1. The molecule has 0 radical (unpaired) electrons. The first-order valence-electron chi connectivity index (χ1n) is 8.58. The van der Waals surface area contributed by atoms with Crippen molar-refractivity contribution in [3.05, 3.63) is 33.2 Å². The van der Waals surface area contributed by atoms with Gasteiger partial charge in [0.2, 0.25) is 10.0 Å². The third-order valence-corrected chi connectivity index (χ3v) is 6.11. The van der Waals surface area contributed by atoms with Crippen LogP contribution in [0.15, 0.2) is 10.9 Å². The van der Waals surface area contributed by atoms with E-state index in [2.05, 4.69) is 5.32 Å². The molecule has 0 spiro atoms. The molecule has 2 heterocycles. The van der Waals surface area contributed by atoms with Gasteiger partial charge >= 0.3 is 0 Å². The van der Waals surface area contributed by atoms with Crippen LogP contribution in [0, 0.1) is 12.8 Å². The molecule has 1 N–H and O–H groups in total. The first-order valence-corrected chi connectivity index (χ1v) is 10.4. The Balaban J connectivity index is 2.07. The van der Waals surface area contributed by atoms with Gasteiger partial charge in [-0.05, 0) is 43.7 Å². The van der Waals surface area contributed by atoms with Gasteiger partial charge in [-0.3, -0.25) is 9.59 Å². The highest BCUT2D eigenvalue weighted by Gasteiger charge is 2.26. The maximum Gasteiger partial charge on any atom is 0.263 e. The van der Waals surface area contributed by atoms with Crippen LogP contribution in [0.2, 0.25) is 0 Å². The topological polar surface area (TPSA) is 88.5 Å². The van der Waals surface area contributed by atoms with Crippen molar-refractivity contribution in [1.82, 2.24) is 14.2 Å². The van der Waals surface area contributed by atoms with Crippen molar-refractivity contribution in [2.45, 2.75) is 33.1 Å². The minimum absolute atomic E-state index is 0.0623. The Morgan fingerprint density at radius 2 is 2.08 bits per heavy atom. The highest BCUT2D eigenvalue weighted by Crippen LogP contribution is 2.18. The molecule has 25 heavy (non-hydrogen) atoms. The Labute approximate surface area is 149 Å². The lowest BCUT2D eigenvalue weighted by molar-refractivity contribution is 0.0939. The third kappa shape index (κ3) is 4.49. The van der Waals surface area contributed by atoms with Gasteiger partial charge in [-0.25, -0.2) is 12.7 Å². The van der Waals surface area contributed by atoms with Crippen LogP contribution in [0.25, 0.3) is 0 Å². The van der Waals surface area contributed by atoms with Crippen LogP contribution in [0.5, 0.6) is 0 Å². The number of carbonyl (C=O) groups excluding carboxylic acids is 1. The zero-order valence-corrected chi connectivity index (χ0v) is 16.1. The predicted molar refractivity (Wildman–Crippen MR) is 97.3 cm³/mol. The molecule has 0 aliphatic carbocycles. The van der Waals surface area contributed by atoms with E-state index in [1.54, 1.807) is 13.1 Å². The Morgan fingerprint density at radius 1 is 1.40 bits per heavy atom. The van der Waals surface area contributed by atoms with Gasteiger partial charge in [0.1, 0.15) is 5.56 Å². The highest BCUT2D eigenvalue weighted by molar-refractivity contribution is 7.88. The van der Waals surface area contributed by atoms with E-state index < -0.39 is 15.9 Å². The van der Waals surface area contributed by atoms with Crippen LogP contribution in [-0.2, 0) is 23.5 Å². The Bertz CT molecular complexity index is 814. The summed E-state index contributed by atoms with van der Waals surface area (Å²) in [6, 6.07) is 1.64. The minimum Gasteiger partial charge on any atom is -0.352 e. The second-order valence-corrected chi connectivity index (χ2v) is 8.73. The Kier molecular flexibility index (Phi) is 6.05. The Morgan fingerprint density at radius 3 is 2.68 bits per heavy atom. The van der Waals surface area contributed by atoms with Gasteiger partial charge in [-0.1, -0.05) is 6.92 Å². The normalized spacial score (nSPS) is 19.0. The number of carbonyl (C=O) groups is 1. The van der Waals surface area contributed by atoms with Gasteiger partial charge in [-0.15, -0.1) is 0 Å². The first kappa shape index (κ1) is 19.7. The lowest BCUT2D eigenvalue weighted by Crippen LogP contribution is -2.44. The van der Waals surface area contributed by atoms with Gasteiger partial charge in [0.25, 0.3) is 11.5 Å². The van der Waals surface area contributed by atoms with Gasteiger partial charge < -0.3 is 9.88 Å². The molecule has 1 atom stereocenters. The SMILES string of the molecule is CCc1c(C)cc(C(=O)NCC2CCCN(S(C)(=O)=O)C2)c(=O)n1C. The lowest BCUT2D eigenvalue weighted by atomic mass is 9.99. The van der Waals surface area contributed by atoms with Crippen LogP contribution in [-0.4, -0.2) is 49.1 Å². The summed E-state index contributed by atoms with van der Waals surface area (Å²) in [7, 11) is -1.53. The molecule has 8 heteroatoms. The average molecular weight is 369 g/mol. The van der Waals surface area contributed by atoms with Crippen LogP contribution >= 0.6 is 0 Å². The van der Waals surface area contributed by atoms with Crippen molar-refractivity contribution >= 4 is 15.9 Å². The number of nitrogens with zero attached hydrogens (tertiary/aromatic N) is 2. The first-order chi connectivity index (χ1) is 11.6. The lowest BCUT2D eigenvalue weighted by Gasteiger charge is -2.30. The number of nitrogens with one attached hydrogen (secondary N) is 1. The summed E-state index contributed by atoms with van der Waals surface area (Å²) in [4.78, 5) is 24.8. The number of sulfonamides is 1. The average Bonchev–Trinajstić information content (AvgIpc) is 2.56. The molecule has 1 unspecified atom stereocenters. The predicted octanol–water partition coefficient (Wildman–Crippen LogP) is 0.658. The summed E-state index contributed by atoms with van der Waals surface area (Å²) in [6.07, 6.45) is 3.57. The van der Waals surface area contributed by atoms with Crippen LogP contribution in [0.4, 0.5) is 0 Å². The molecule has 0 saturated carbocycles. The number of piperidine rings is 1. The van der Waals surface area contributed by atoms with Crippen molar-refractivity contribution in [3.8, 4) is 0 Å². The summed E-state index contributed by atoms with van der Waals surface area (Å²) < 4.78 is 26.3. The van der Waals surface area contributed by atoms with E-state index in [1.807, 2.05) is 13.8 Å². The molecule has 1 aromatic heterocycles. The van der Waals surface area contributed by atoms with Crippen molar-refractivity contribution < 1.29 is 13.2 Å². The molecule has 7 nitrogen and oxygen atoms in total. The Hall–Kier alpha value is -1.67. The third-order valence-electron chi connectivity index (χ3n) is 4.84. The molecular weight excluding hydrogens is 342 g/mol. The fourth-order valence-corrected chi connectivity index (χ4v) is 4.38. The maximum atomic E-state index is 12.4. The van der Waals surface area contributed by atoms with Crippen molar-refractivity contribution in [2.75, 3.05) is 25.9 Å². The standard InChI is InChI=1S/C17H27N3O4S/c1-5-15-12(2)9-14(17(22)19(15)3)16(21)18-10-13-7-6-8-20(11-13)25(4,23)24/h9,13H,5-8,10-11H2,1-4H3,(H,18,21). The van der Waals surface area contributed by atoms with E-state index in [9.17, 15) is 18.0 Å². The molecule has 1 aliphatic rings. The number of hydrogen-bond acceptors (Lipinski definition) is 4.